The second kappa shape index (κ2) is 6.45. The minimum absolute atomic E-state index is 0.000423. The van der Waals surface area contributed by atoms with E-state index in [9.17, 15) is 10.2 Å². The Bertz CT molecular complexity index is 923. The van der Waals surface area contributed by atoms with E-state index in [4.69, 9.17) is 4.74 Å². The van der Waals surface area contributed by atoms with Crippen LogP contribution in [0.15, 0.2) is 47.6 Å². The highest BCUT2D eigenvalue weighted by Crippen LogP contribution is 2.30. The number of anilines is 1. The second-order valence-corrected chi connectivity index (χ2v) is 5.28. The molecule has 0 saturated heterocycles. The summed E-state index contributed by atoms with van der Waals surface area (Å²) in [7, 11) is 1.61. The monoisotopic (exact) mass is 323 g/mol. The van der Waals surface area contributed by atoms with Gasteiger partial charge in [0.15, 0.2) is 0 Å². The quantitative estimate of drug-likeness (QED) is 0.506. The van der Waals surface area contributed by atoms with Gasteiger partial charge in [-0.05, 0) is 31.2 Å². The van der Waals surface area contributed by atoms with E-state index in [1.165, 1.54) is 18.3 Å². The van der Waals surface area contributed by atoms with E-state index >= 15 is 0 Å². The number of nitrogens with one attached hydrogen (secondary N) is 1. The summed E-state index contributed by atoms with van der Waals surface area (Å²) in [5.74, 6) is 0.651. The van der Waals surface area contributed by atoms with Crippen LogP contribution in [0.4, 0.5) is 5.69 Å². The molecule has 0 saturated carbocycles. The fourth-order valence-corrected chi connectivity index (χ4v) is 2.42. The zero-order valence-electron chi connectivity index (χ0n) is 13.3. The fourth-order valence-electron chi connectivity index (χ4n) is 2.42. The van der Waals surface area contributed by atoms with E-state index in [1.807, 2.05) is 31.2 Å². The van der Waals surface area contributed by atoms with Gasteiger partial charge < -0.3 is 14.9 Å². The Morgan fingerprint density at radius 1 is 1.17 bits per heavy atom. The van der Waals surface area contributed by atoms with Crippen LogP contribution in [0.3, 0.4) is 0 Å². The molecule has 3 rings (SSSR count). The van der Waals surface area contributed by atoms with Crippen molar-refractivity contribution in [2.75, 3.05) is 12.5 Å². The van der Waals surface area contributed by atoms with Crippen LogP contribution in [0.5, 0.6) is 17.2 Å². The summed E-state index contributed by atoms with van der Waals surface area (Å²) >= 11 is 0. The van der Waals surface area contributed by atoms with E-state index in [0.29, 0.717) is 11.3 Å². The maximum absolute atomic E-state index is 9.77. The lowest BCUT2D eigenvalue weighted by Gasteiger charge is -2.10. The molecule has 2 aromatic carbocycles. The molecule has 0 spiro atoms. The van der Waals surface area contributed by atoms with Gasteiger partial charge in [0.05, 0.1) is 19.0 Å². The van der Waals surface area contributed by atoms with Gasteiger partial charge in [0.2, 0.25) is 0 Å². The third kappa shape index (κ3) is 3.08. The second-order valence-electron chi connectivity index (χ2n) is 5.28. The van der Waals surface area contributed by atoms with Crippen LogP contribution in [0.1, 0.15) is 11.3 Å². The SMILES string of the molecule is COc1cccc2c(NN=Cc3ccc(O)cc3O)cc(C)nc12. The van der Waals surface area contributed by atoms with Gasteiger partial charge in [-0.15, -0.1) is 0 Å². The van der Waals surface area contributed by atoms with Crippen molar-refractivity contribution >= 4 is 22.8 Å². The van der Waals surface area contributed by atoms with Gasteiger partial charge in [0.25, 0.3) is 0 Å². The van der Waals surface area contributed by atoms with Crippen molar-refractivity contribution in [3.8, 4) is 17.2 Å². The molecule has 122 valence electrons. The number of methoxy groups -OCH3 is 1. The molecule has 0 fully saturated rings. The molecule has 0 aliphatic carbocycles. The van der Waals surface area contributed by atoms with Gasteiger partial charge in [0.1, 0.15) is 22.8 Å². The largest absolute Gasteiger partial charge is 0.508 e. The van der Waals surface area contributed by atoms with Crippen molar-refractivity contribution < 1.29 is 14.9 Å². The Balaban J connectivity index is 1.94. The van der Waals surface area contributed by atoms with E-state index in [-0.39, 0.29) is 11.5 Å². The summed E-state index contributed by atoms with van der Waals surface area (Å²) < 4.78 is 5.35. The molecule has 0 amide bonds. The van der Waals surface area contributed by atoms with Gasteiger partial charge in [-0.3, -0.25) is 5.43 Å². The molecule has 1 aromatic heterocycles. The van der Waals surface area contributed by atoms with E-state index in [1.54, 1.807) is 13.2 Å². The highest BCUT2D eigenvalue weighted by molar-refractivity contribution is 5.95. The fraction of sp³-hybridized carbons (Fsp3) is 0.111. The molecule has 0 atom stereocenters. The highest BCUT2D eigenvalue weighted by Gasteiger charge is 2.08. The van der Waals surface area contributed by atoms with Crippen molar-refractivity contribution in [3.63, 3.8) is 0 Å². The number of benzene rings is 2. The molecular weight excluding hydrogens is 306 g/mol. The average Bonchev–Trinajstić information content (AvgIpc) is 2.56. The zero-order chi connectivity index (χ0) is 17.1. The van der Waals surface area contributed by atoms with Gasteiger partial charge in [-0.2, -0.15) is 5.10 Å². The number of hydrogen-bond acceptors (Lipinski definition) is 6. The number of hydrogen-bond donors (Lipinski definition) is 3. The van der Waals surface area contributed by atoms with Crippen molar-refractivity contribution in [2.24, 2.45) is 5.10 Å². The Labute approximate surface area is 139 Å². The number of phenolic OH excluding ortho intramolecular Hbond substituents is 2. The normalized spacial score (nSPS) is 11.1. The molecule has 0 aliphatic heterocycles. The maximum Gasteiger partial charge on any atom is 0.145 e. The smallest absolute Gasteiger partial charge is 0.145 e. The van der Waals surface area contributed by atoms with Gasteiger partial charge >= 0.3 is 0 Å². The number of rotatable bonds is 4. The van der Waals surface area contributed by atoms with Crippen LogP contribution >= 0.6 is 0 Å². The highest BCUT2D eigenvalue weighted by atomic mass is 16.5. The summed E-state index contributed by atoms with van der Waals surface area (Å²) in [6, 6.07) is 11.9. The van der Waals surface area contributed by atoms with Crippen LogP contribution in [-0.4, -0.2) is 28.5 Å². The summed E-state index contributed by atoms with van der Waals surface area (Å²) in [6.07, 6.45) is 1.48. The topological polar surface area (TPSA) is 87.0 Å². The van der Waals surface area contributed by atoms with Crippen molar-refractivity contribution in [2.45, 2.75) is 6.92 Å². The van der Waals surface area contributed by atoms with Crippen molar-refractivity contribution in [1.29, 1.82) is 0 Å². The van der Waals surface area contributed by atoms with Gasteiger partial charge in [-0.25, -0.2) is 4.98 Å². The van der Waals surface area contributed by atoms with Crippen molar-refractivity contribution in [1.82, 2.24) is 4.98 Å². The molecule has 6 heteroatoms. The molecule has 0 unspecified atom stereocenters. The molecule has 1 heterocycles. The standard InChI is InChI=1S/C18H17N3O3/c1-11-8-15(14-4-3-5-17(24-2)18(14)20-11)21-19-10-12-6-7-13(22)9-16(12)23/h3-10,22-23H,1-2H3,(H,20,21). The molecule has 6 nitrogen and oxygen atoms in total. The molecule has 0 aliphatic rings. The van der Waals surface area contributed by atoms with Crippen molar-refractivity contribution in [3.05, 3.63) is 53.7 Å². The number of aromatic nitrogens is 1. The first-order valence-electron chi connectivity index (χ1n) is 7.34. The minimum Gasteiger partial charge on any atom is -0.508 e. The lowest BCUT2D eigenvalue weighted by Crippen LogP contribution is -1.96. The third-order valence-electron chi connectivity index (χ3n) is 3.55. The van der Waals surface area contributed by atoms with Gasteiger partial charge in [-0.1, -0.05) is 12.1 Å². The first-order chi connectivity index (χ1) is 11.6. The molecule has 0 bridgehead atoms. The Morgan fingerprint density at radius 2 is 2.00 bits per heavy atom. The molecule has 0 radical (unpaired) electrons. The lowest BCUT2D eigenvalue weighted by molar-refractivity contribution is 0.419. The number of fused-ring (bicyclic) bond motifs is 1. The molecular formula is C18H17N3O3. The Morgan fingerprint density at radius 3 is 2.75 bits per heavy atom. The third-order valence-corrected chi connectivity index (χ3v) is 3.55. The molecule has 24 heavy (non-hydrogen) atoms. The Kier molecular flexibility index (Phi) is 4.20. The summed E-state index contributed by atoms with van der Waals surface area (Å²) in [5, 5.41) is 24.1. The number of para-hydroxylation sites is 1. The van der Waals surface area contributed by atoms with Crippen LogP contribution in [0.2, 0.25) is 0 Å². The predicted octanol–water partition coefficient (Wildman–Crippen LogP) is 3.41. The van der Waals surface area contributed by atoms with Gasteiger partial charge in [0, 0.05) is 22.7 Å². The number of nitrogens with zero attached hydrogens (tertiary/aromatic N) is 2. The number of aromatic hydroxyl groups is 2. The van der Waals surface area contributed by atoms with Crippen LogP contribution < -0.4 is 10.2 Å². The maximum atomic E-state index is 9.77. The number of hydrazone groups is 1. The lowest BCUT2D eigenvalue weighted by atomic mass is 10.1. The molecule has 3 aromatic rings. The van der Waals surface area contributed by atoms with Crippen LogP contribution in [0, 0.1) is 6.92 Å². The summed E-state index contributed by atoms with van der Waals surface area (Å²) in [6.45, 7) is 1.90. The van der Waals surface area contributed by atoms with E-state index in [2.05, 4.69) is 15.5 Å². The predicted molar refractivity (Wildman–Crippen MR) is 94.0 cm³/mol. The van der Waals surface area contributed by atoms with E-state index in [0.717, 1.165) is 22.3 Å². The number of phenols is 2. The first kappa shape index (κ1) is 15.6. The number of aryl methyl sites for hydroxylation is 1. The van der Waals surface area contributed by atoms with Crippen LogP contribution in [0.25, 0.3) is 10.9 Å². The molecule has 3 N–H and O–H groups in total. The number of ether oxygens (including phenoxy) is 1. The summed E-state index contributed by atoms with van der Waals surface area (Å²) in [4.78, 5) is 4.51. The first-order valence-corrected chi connectivity index (χ1v) is 7.34. The zero-order valence-corrected chi connectivity index (χ0v) is 13.3. The average molecular weight is 323 g/mol. The minimum atomic E-state index is -0.0435. The van der Waals surface area contributed by atoms with Crippen LogP contribution in [-0.2, 0) is 0 Å². The Hall–Kier alpha value is -3.28. The summed E-state index contributed by atoms with van der Waals surface area (Å²) in [5.41, 5.74) is 5.83. The van der Waals surface area contributed by atoms with E-state index < -0.39 is 0 Å². The number of pyridine rings is 1.